The van der Waals surface area contributed by atoms with Crippen LogP contribution in [0.25, 0.3) is 16.2 Å². The molecule has 0 radical (unpaired) electrons. The van der Waals surface area contributed by atoms with Gasteiger partial charge in [-0.2, -0.15) is 0 Å². The van der Waals surface area contributed by atoms with Gasteiger partial charge < -0.3 is 15.6 Å². The number of halogens is 1. The highest BCUT2D eigenvalue weighted by atomic mass is 35.5. The van der Waals surface area contributed by atoms with Crippen molar-refractivity contribution >= 4 is 34.5 Å². The summed E-state index contributed by atoms with van der Waals surface area (Å²) in [6.07, 6.45) is 4.98. The molecule has 1 unspecified atom stereocenters. The molecule has 3 aromatic heterocycles. The number of primary amides is 1. The number of amides is 1. The second-order valence-electron chi connectivity index (χ2n) is 9.24. The number of carbonyl (C=O) groups excluding carboxylic acids is 1. The Morgan fingerprint density at radius 1 is 1.28 bits per heavy atom. The Hall–Kier alpha value is -2.91. The van der Waals surface area contributed by atoms with Gasteiger partial charge in [-0.3, -0.25) is 14.1 Å². The van der Waals surface area contributed by atoms with Gasteiger partial charge >= 0.3 is 0 Å². The largest absolute Gasteiger partial charge is 0.485 e. The smallest absolute Gasteiger partial charge is 0.222 e. The lowest BCUT2D eigenvalue weighted by Gasteiger charge is -2.29. The molecule has 4 aromatic rings. The zero-order valence-electron chi connectivity index (χ0n) is 20.1. The predicted molar refractivity (Wildman–Crippen MR) is 142 cm³/mol. The van der Waals surface area contributed by atoms with Gasteiger partial charge in [-0.25, -0.2) is 4.98 Å². The second kappa shape index (κ2) is 10.6. The lowest BCUT2D eigenvalue weighted by Crippen LogP contribution is -2.35. The van der Waals surface area contributed by atoms with E-state index < -0.39 is 5.91 Å². The number of fused-ring (bicyclic) bond motifs is 1. The van der Waals surface area contributed by atoms with E-state index in [9.17, 15) is 9.90 Å². The van der Waals surface area contributed by atoms with Crippen LogP contribution in [0.15, 0.2) is 54.9 Å². The fourth-order valence-electron chi connectivity index (χ4n) is 4.62. The molecule has 0 spiro atoms. The number of rotatable bonds is 8. The fourth-order valence-corrected chi connectivity index (χ4v) is 6.09. The molecule has 1 fully saturated rings. The molecular formula is C27H29ClN4O3S. The molecule has 0 aliphatic carbocycles. The molecule has 1 amide bonds. The van der Waals surface area contributed by atoms with E-state index in [1.165, 1.54) is 11.3 Å². The number of benzene rings is 1. The Bertz CT molecular complexity index is 1380. The van der Waals surface area contributed by atoms with Crippen LogP contribution >= 0.6 is 22.9 Å². The van der Waals surface area contributed by atoms with E-state index in [0.29, 0.717) is 10.8 Å². The minimum atomic E-state index is -0.410. The van der Waals surface area contributed by atoms with E-state index in [4.69, 9.17) is 22.1 Å². The standard InChI is InChI=1S/C27H29ClN4O3S/c1-17(20-6-5-18(12-21(20)28)16-31-10-7-19(33)8-11-31)35-23-13-24(36-25(23)14-26(29)34)22-15-30-27-4-2-3-9-32(22)27/h2-6,9,12-13,15,17,19,33H,7-8,10-11,14,16H2,1H3,(H2,29,34). The van der Waals surface area contributed by atoms with Crippen LogP contribution in [0.4, 0.5) is 0 Å². The van der Waals surface area contributed by atoms with Crippen LogP contribution in [-0.4, -0.2) is 44.5 Å². The Morgan fingerprint density at radius 2 is 2.08 bits per heavy atom. The molecule has 4 heterocycles. The molecule has 0 bridgehead atoms. The van der Waals surface area contributed by atoms with E-state index >= 15 is 0 Å². The summed E-state index contributed by atoms with van der Waals surface area (Å²) in [6, 6.07) is 13.9. The summed E-state index contributed by atoms with van der Waals surface area (Å²) in [5.74, 6) is 0.214. The third-order valence-electron chi connectivity index (χ3n) is 6.54. The number of aliphatic hydroxyl groups is 1. The van der Waals surface area contributed by atoms with Gasteiger partial charge in [-0.05, 0) is 43.5 Å². The number of carbonyl (C=O) groups is 1. The van der Waals surface area contributed by atoms with Crippen LogP contribution < -0.4 is 10.5 Å². The maximum atomic E-state index is 11.8. The molecule has 1 aliphatic heterocycles. The molecule has 7 nitrogen and oxygen atoms in total. The SMILES string of the molecule is CC(Oc1cc(-c2cnc3ccccn23)sc1CC(N)=O)c1ccc(CN2CCC(O)CC2)cc1Cl. The van der Waals surface area contributed by atoms with Crippen LogP contribution in [0.1, 0.15) is 41.9 Å². The molecule has 5 rings (SSSR count). The number of aromatic nitrogens is 2. The van der Waals surface area contributed by atoms with Gasteiger partial charge in [0.15, 0.2) is 0 Å². The van der Waals surface area contributed by atoms with E-state index in [1.54, 1.807) is 0 Å². The monoisotopic (exact) mass is 524 g/mol. The van der Waals surface area contributed by atoms with Gasteiger partial charge in [-0.1, -0.05) is 29.8 Å². The minimum Gasteiger partial charge on any atom is -0.485 e. The van der Waals surface area contributed by atoms with Crippen molar-refractivity contribution in [1.82, 2.24) is 14.3 Å². The number of nitrogens with two attached hydrogens (primary N) is 1. The minimum absolute atomic E-state index is 0.0979. The van der Waals surface area contributed by atoms with Crippen molar-refractivity contribution in [3.63, 3.8) is 0 Å². The van der Waals surface area contributed by atoms with Gasteiger partial charge in [0.2, 0.25) is 5.91 Å². The highest BCUT2D eigenvalue weighted by molar-refractivity contribution is 7.15. The summed E-state index contributed by atoms with van der Waals surface area (Å²) in [5, 5.41) is 10.4. The Balaban J connectivity index is 1.36. The lowest BCUT2D eigenvalue weighted by atomic mass is 10.0. The number of ether oxygens (including phenoxy) is 1. The van der Waals surface area contributed by atoms with Gasteiger partial charge in [0.05, 0.1) is 34.2 Å². The number of imidazole rings is 1. The van der Waals surface area contributed by atoms with Crippen LogP contribution in [0, 0.1) is 0 Å². The van der Waals surface area contributed by atoms with Crippen LogP contribution in [0.2, 0.25) is 5.02 Å². The average Bonchev–Trinajstić information content (AvgIpc) is 3.44. The third-order valence-corrected chi connectivity index (χ3v) is 8.01. The molecule has 188 valence electrons. The molecule has 1 saturated heterocycles. The van der Waals surface area contributed by atoms with E-state index in [-0.39, 0.29) is 18.6 Å². The molecule has 3 N–H and O–H groups in total. The summed E-state index contributed by atoms with van der Waals surface area (Å²) < 4.78 is 8.36. The summed E-state index contributed by atoms with van der Waals surface area (Å²) >= 11 is 8.17. The number of nitrogens with zero attached hydrogens (tertiary/aromatic N) is 3. The molecule has 9 heteroatoms. The highest BCUT2D eigenvalue weighted by Gasteiger charge is 2.21. The number of thiophene rings is 1. The molecule has 1 atom stereocenters. The first-order valence-corrected chi connectivity index (χ1v) is 13.3. The summed E-state index contributed by atoms with van der Waals surface area (Å²) in [5.41, 5.74) is 9.32. The predicted octanol–water partition coefficient (Wildman–Crippen LogP) is 4.84. The molecule has 1 aromatic carbocycles. The van der Waals surface area contributed by atoms with Crippen molar-refractivity contribution in [3.8, 4) is 16.3 Å². The Kier molecular flexibility index (Phi) is 7.29. The number of piperidine rings is 1. The number of hydrogen-bond acceptors (Lipinski definition) is 6. The quantitative estimate of drug-likeness (QED) is 0.344. The van der Waals surface area contributed by atoms with Gasteiger partial charge in [0.1, 0.15) is 17.5 Å². The van der Waals surface area contributed by atoms with Crippen LogP contribution in [-0.2, 0) is 17.8 Å². The van der Waals surface area contributed by atoms with E-state index in [0.717, 1.165) is 64.7 Å². The first-order chi connectivity index (χ1) is 17.4. The molecule has 0 saturated carbocycles. The number of hydrogen-bond donors (Lipinski definition) is 2. The van der Waals surface area contributed by atoms with Crippen molar-refractivity contribution in [1.29, 1.82) is 0 Å². The van der Waals surface area contributed by atoms with Crippen molar-refractivity contribution in [2.75, 3.05) is 13.1 Å². The Morgan fingerprint density at radius 3 is 2.83 bits per heavy atom. The zero-order chi connectivity index (χ0) is 25.2. The fraction of sp³-hybridized carbons (Fsp3) is 0.333. The van der Waals surface area contributed by atoms with Gasteiger partial charge in [-0.15, -0.1) is 11.3 Å². The average molecular weight is 525 g/mol. The van der Waals surface area contributed by atoms with Crippen molar-refractivity contribution in [2.24, 2.45) is 5.73 Å². The Labute approximate surface area is 219 Å². The lowest BCUT2D eigenvalue weighted by molar-refractivity contribution is -0.117. The first-order valence-electron chi connectivity index (χ1n) is 12.1. The third kappa shape index (κ3) is 5.42. The zero-order valence-corrected chi connectivity index (χ0v) is 21.6. The summed E-state index contributed by atoms with van der Waals surface area (Å²) in [4.78, 5) is 20.3. The number of likely N-dealkylation sites (tertiary alicyclic amines) is 1. The maximum Gasteiger partial charge on any atom is 0.222 e. The highest BCUT2D eigenvalue weighted by Crippen LogP contribution is 2.39. The van der Waals surface area contributed by atoms with E-state index in [1.807, 2.05) is 60.1 Å². The van der Waals surface area contributed by atoms with Crippen molar-refractivity contribution in [2.45, 2.75) is 44.9 Å². The van der Waals surface area contributed by atoms with Gasteiger partial charge in [0, 0.05) is 42.5 Å². The number of aliphatic hydroxyl groups excluding tert-OH is 1. The van der Waals surface area contributed by atoms with Gasteiger partial charge in [0.25, 0.3) is 0 Å². The topological polar surface area (TPSA) is 93.1 Å². The molecule has 36 heavy (non-hydrogen) atoms. The van der Waals surface area contributed by atoms with Crippen LogP contribution in [0.5, 0.6) is 5.75 Å². The first kappa shape index (κ1) is 24.8. The number of pyridine rings is 1. The second-order valence-corrected chi connectivity index (χ2v) is 10.8. The normalized spacial score (nSPS) is 15.9. The van der Waals surface area contributed by atoms with Crippen molar-refractivity contribution < 1.29 is 14.6 Å². The summed E-state index contributed by atoms with van der Waals surface area (Å²) in [6.45, 7) is 4.52. The molecule has 1 aliphatic rings. The molecular weight excluding hydrogens is 496 g/mol. The van der Waals surface area contributed by atoms with Crippen LogP contribution in [0.3, 0.4) is 0 Å². The van der Waals surface area contributed by atoms with Crippen molar-refractivity contribution in [3.05, 3.63) is 75.9 Å². The summed E-state index contributed by atoms with van der Waals surface area (Å²) in [7, 11) is 0. The van der Waals surface area contributed by atoms with E-state index in [2.05, 4.69) is 16.0 Å². The maximum absolute atomic E-state index is 11.8.